The minimum Gasteiger partial charge on any atom is -0.346 e. The molecule has 2 unspecified atom stereocenters. The number of benzene rings is 2. The van der Waals surface area contributed by atoms with E-state index < -0.39 is 17.8 Å². The SMILES string of the molecule is CC(=O)NC(CC(F)N1CCC(C(=O)N2CCCCC2)(c2cccc(C)c2)CC1)C(=O)c1ccccc1. The number of nitrogens with zero attached hydrogens (tertiary/aromatic N) is 2. The van der Waals surface area contributed by atoms with Gasteiger partial charge in [0, 0.05) is 45.1 Å². The smallest absolute Gasteiger partial charge is 0.233 e. The van der Waals surface area contributed by atoms with E-state index in [9.17, 15) is 14.4 Å². The van der Waals surface area contributed by atoms with Gasteiger partial charge in [-0.25, -0.2) is 4.39 Å². The summed E-state index contributed by atoms with van der Waals surface area (Å²) in [6, 6.07) is 15.9. The number of halogens is 1. The number of alkyl halides is 1. The van der Waals surface area contributed by atoms with Gasteiger partial charge in [0.2, 0.25) is 11.8 Å². The molecule has 0 aliphatic carbocycles. The number of nitrogens with one attached hydrogen (secondary N) is 1. The lowest BCUT2D eigenvalue weighted by Gasteiger charge is -2.45. The summed E-state index contributed by atoms with van der Waals surface area (Å²) >= 11 is 0. The number of piperidine rings is 2. The van der Waals surface area contributed by atoms with Crippen LogP contribution in [0.25, 0.3) is 0 Å². The lowest BCUT2D eigenvalue weighted by atomic mass is 9.71. The van der Waals surface area contributed by atoms with Crippen molar-refractivity contribution in [1.82, 2.24) is 15.1 Å². The molecule has 2 aliphatic rings. The van der Waals surface area contributed by atoms with E-state index in [2.05, 4.69) is 11.4 Å². The molecular formula is C30H38FN3O3. The molecule has 1 N–H and O–H groups in total. The zero-order valence-corrected chi connectivity index (χ0v) is 21.9. The molecule has 2 heterocycles. The van der Waals surface area contributed by atoms with Crippen LogP contribution in [-0.2, 0) is 15.0 Å². The molecular weight excluding hydrogens is 469 g/mol. The molecule has 0 radical (unpaired) electrons. The summed E-state index contributed by atoms with van der Waals surface area (Å²) in [6.45, 7) is 5.73. The Morgan fingerprint density at radius 2 is 1.62 bits per heavy atom. The van der Waals surface area contributed by atoms with Gasteiger partial charge in [-0.1, -0.05) is 60.2 Å². The number of amides is 2. The Hall–Kier alpha value is -3.06. The molecule has 7 heteroatoms. The van der Waals surface area contributed by atoms with E-state index in [0.717, 1.165) is 43.5 Å². The molecule has 0 bridgehead atoms. The summed E-state index contributed by atoms with van der Waals surface area (Å²) < 4.78 is 15.7. The Morgan fingerprint density at radius 3 is 2.24 bits per heavy atom. The summed E-state index contributed by atoms with van der Waals surface area (Å²) in [5, 5.41) is 2.64. The number of carbonyl (C=O) groups excluding carboxylic acids is 3. The number of ketones is 1. The maximum atomic E-state index is 15.7. The largest absolute Gasteiger partial charge is 0.346 e. The topological polar surface area (TPSA) is 69.7 Å². The van der Waals surface area contributed by atoms with Crippen LogP contribution in [0, 0.1) is 6.92 Å². The molecule has 6 nitrogen and oxygen atoms in total. The molecule has 0 aromatic heterocycles. The van der Waals surface area contributed by atoms with Crippen molar-refractivity contribution in [3.05, 3.63) is 71.3 Å². The van der Waals surface area contributed by atoms with Crippen molar-refractivity contribution in [1.29, 1.82) is 0 Å². The minimum atomic E-state index is -1.41. The number of rotatable bonds is 8. The predicted octanol–water partition coefficient (Wildman–Crippen LogP) is 4.41. The highest BCUT2D eigenvalue weighted by Gasteiger charge is 2.46. The Morgan fingerprint density at radius 1 is 0.946 bits per heavy atom. The number of Topliss-reactive ketones (excluding diaryl/α,β-unsaturated/α-hetero) is 1. The van der Waals surface area contributed by atoms with Gasteiger partial charge in [0.25, 0.3) is 0 Å². The first-order chi connectivity index (χ1) is 17.8. The zero-order chi connectivity index (χ0) is 26.4. The second-order valence-corrected chi connectivity index (χ2v) is 10.5. The van der Waals surface area contributed by atoms with Crippen LogP contribution < -0.4 is 5.32 Å². The average molecular weight is 508 g/mol. The highest BCUT2D eigenvalue weighted by Crippen LogP contribution is 2.39. The van der Waals surface area contributed by atoms with Gasteiger partial charge in [0.1, 0.15) is 0 Å². The van der Waals surface area contributed by atoms with Crippen molar-refractivity contribution in [2.75, 3.05) is 26.2 Å². The normalized spacial score (nSPS) is 19.6. The Bertz CT molecular complexity index is 1090. The van der Waals surface area contributed by atoms with Crippen LogP contribution in [0.3, 0.4) is 0 Å². The van der Waals surface area contributed by atoms with Crippen LogP contribution in [0.15, 0.2) is 54.6 Å². The Kier molecular flexibility index (Phi) is 8.75. The highest BCUT2D eigenvalue weighted by atomic mass is 19.1. The fraction of sp³-hybridized carbons (Fsp3) is 0.500. The van der Waals surface area contributed by atoms with Crippen molar-refractivity contribution in [2.45, 2.75) is 70.1 Å². The van der Waals surface area contributed by atoms with Crippen LogP contribution in [0.2, 0.25) is 0 Å². The molecule has 0 saturated carbocycles. The summed E-state index contributed by atoms with van der Waals surface area (Å²) in [5.74, 6) is -0.515. The molecule has 2 saturated heterocycles. The standard InChI is InChI=1S/C30H38FN3O3/c1-22-10-9-13-25(20-22)30(29(37)34-16-7-4-8-17-34)14-18-33(19-15-30)27(31)21-26(32-23(2)35)28(36)24-11-5-3-6-12-24/h3,5-6,9-13,20,26-27H,4,7-8,14-19,21H2,1-2H3,(H,32,35). The van der Waals surface area contributed by atoms with E-state index in [1.165, 1.54) is 6.92 Å². The molecule has 2 amide bonds. The van der Waals surface area contributed by atoms with Crippen molar-refractivity contribution < 1.29 is 18.8 Å². The lowest BCUT2D eigenvalue weighted by molar-refractivity contribution is -0.141. The molecule has 2 fully saturated rings. The van der Waals surface area contributed by atoms with Crippen LogP contribution in [0.5, 0.6) is 0 Å². The van der Waals surface area contributed by atoms with Crippen molar-refractivity contribution in [2.24, 2.45) is 0 Å². The fourth-order valence-electron chi connectivity index (χ4n) is 5.78. The third-order valence-electron chi connectivity index (χ3n) is 7.85. The molecule has 2 aromatic rings. The first-order valence-electron chi connectivity index (χ1n) is 13.4. The first-order valence-corrected chi connectivity index (χ1v) is 13.4. The van der Waals surface area contributed by atoms with Crippen molar-refractivity contribution >= 4 is 17.6 Å². The van der Waals surface area contributed by atoms with Gasteiger partial charge in [-0.15, -0.1) is 0 Å². The van der Waals surface area contributed by atoms with Gasteiger partial charge in [-0.05, 0) is 44.6 Å². The van der Waals surface area contributed by atoms with E-state index in [-0.39, 0.29) is 24.0 Å². The lowest BCUT2D eigenvalue weighted by Crippen LogP contribution is -2.55. The van der Waals surface area contributed by atoms with Gasteiger partial charge in [-0.2, -0.15) is 0 Å². The van der Waals surface area contributed by atoms with E-state index in [1.807, 2.05) is 36.1 Å². The monoisotopic (exact) mass is 507 g/mol. The van der Waals surface area contributed by atoms with Gasteiger partial charge < -0.3 is 10.2 Å². The zero-order valence-electron chi connectivity index (χ0n) is 21.9. The quantitative estimate of drug-likeness (QED) is 0.424. The summed E-state index contributed by atoms with van der Waals surface area (Å²) in [6.07, 6.45) is 2.68. The van der Waals surface area contributed by atoms with Crippen LogP contribution >= 0.6 is 0 Å². The number of aryl methyl sites for hydroxylation is 1. The van der Waals surface area contributed by atoms with E-state index in [0.29, 0.717) is 31.5 Å². The fourth-order valence-corrected chi connectivity index (χ4v) is 5.78. The third-order valence-corrected chi connectivity index (χ3v) is 7.85. The number of hydrogen-bond donors (Lipinski definition) is 1. The van der Waals surface area contributed by atoms with Crippen molar-refractivity contribution in [3.8, 4) is 0 Å². The molecule has 4 rings (SSSR count). The van der Waals surface area contributed by atoms with Gasteiger partial charge in [0.15, 0.2) is 12.1 Å². The molecule has 2 aliphatic heterocycles. The molecule has 2 aromatic carbocycles. The van der Waals surface area contributed by atoms with Crippen LogP contribution in [0.4, 0.5) is 4.39 Å². The highest BCUT2D eigenvalue weighted by molar-refractivity contribution is 6.01. The van der Waals surface area contributed by atoms with Gasteiger partial charge in [-0.3, -0.25) is 19.3 Å². The van der Waals surface area contributed by atoms with Gasteiger partial charge >= 0.3 is 0 Å². The minimum absolute atomic E-state index is 0.134. The Labute approximate surface area is 219 Å². The maximum absolute atomic E-state index is 15.7. The van der Waals surface area contributed by atoms with Crippen LogP contribution in [-0.4, -0.2) is 65.9 Å². The average Bonchev–Trinajstić information content (AvgIpc) is 2.92. The van der Waals surface area contributed by atoms with E-state index in [1.54, 1.807) is 29.2 Å². The van der Waals surface area contributed by atoms with Crippen LogP contribution in [0.1, 0.15) is 66.9 Å². The second kappa shape index (κ2) is 12.0. The predicted molar refractivity (Wildman–Crippen MR) is 142 cm³/mol. The molecule has 0 spiro atoms. The van der Waals surface area contributed by atoms with E-state index in [4.69, 9.17) is 0 Å². The number of likely N-dealkylation sites (tertiary alicyclic amines) is 2. The number of carbonyl (C=O) groups is 3. The summed E-state index contributed by atoms with van der Waals surface area (Å²) in [7, 11) is 0. The molecule has 37 heavy (non-hydrogen) atoms. The summed E-state index contributed by atoms with van der Waals surface area (Å²) in [4.78, 5) is 42.5. The molecule has 198 valence electrons. The third kappa shape index (κ3) is 6.27. The van der Waals surface area contributed by atoms with E-state index >= 15 is 4.39 Å². The van der Waals surface area contributed by atoms with Gasteiger partial charge in [0.05, 0.1) is 11.5 Å². The van der Waals surface area contributed by atoms with Crippen molar-refractivity contribution in [3.63, 3.8) is 0 Å². The molecule has 2 atom stereocenters. The number of hydrogen-bond acceptors (Lipinski definition) is 4. The maximum Gasteiger partial charge on any atom is 0.233 e. The second-order valence-electron chi connectivity index (χ2n) is 10.5. The summed E-state index contributed by atoms with van der Waals surface area (Å²) in [5.41, 5.74) is 1.88. The Balaban J connectivity index is 1.50. The first kappa shape index (κ1) is 27.0.